The zero-order valence-electron chi connectivity index (χ0n) is 13.5. The number of rotatable bonds is 8. The van der Waals surface area contributed by atoms with Gasteiger partial charge in [0.1, 0.15) is 5.75 Å². The first-order valence-electron chi connectivity index (χ1n) is 7.96. The minimum atomic E-state index is 0.165. The summed E-state index contributed by atoms with van der Waals surface area (Å²) in [5.41, 5.74) is 1.20. The van der Waals surface area contributed by atoms with Gasteiger partial charge >= 0.3 is 0 Å². The highest BCUT2D eigenvalue weighted by molar-refractivity contribution is 7.99. The molecule has 1 aromatic carbocycles. The maximum Gasteiger partial charge on any atom is 0.230 e. The van der Waals surface area contributed by atoms with Gasteiger partial charge in [-0.25, -0.2) is 0 Å². The van der Waals surface area contributed by atoms with E-state index in [9.17, 15) is 4.79 Å². The summed E-state index contributed by atoms with van der Waals surface area (Å²) < 4.78 is 5.28. The molecule has 1 heterocycles. The molecule has 0 aliphatic carbocycles. The lowest BCUT2D eigenvalue weighted by molar-refractivity contribution is -0.118. The normalized spacial score (nSPS) is 17.5. The molecular formula is C17H26N2O2S. The Labute approximate surface area is 137 Å². The minimum absolute atomic E-state index is 0.165. The second-order valence-electron chi connectivity index (χ2n) is 5.66. The molecule has 1 fully saturated rings. The van der Waals surface area contributed by atoms with Gasteiger partial charge in [0.05, 0.1) is 12.9 Å². The Kier molecular flexibility index (Phi) is 6.90. The van der Waals surface area contributed by atoms with Crippen LogP contribution >= 0.6 is 11.8 Å². The second-order valence-corrected chi connectivity index (χ2v) is 6.76. The average Bonchev–Trinajstić information content (AvgIpc) is 3.02. The van der Waals surface area contributed by atoms with Crippen molar-refractivity contribution in [1.82, 2.24) is 5.32 Å². The number of benzene rings is 1. The lowest BCUT2D eigenvalue weighted by Crippen LogP contribution is -2.32. The van der Waals surface area contributed by atoms with Gasteiger partial charge in [-0.2, -0.15) is 11.8 Å². The molecule has 1 aliphatic heterocycles. The maximum atomic E-state index is 11.7. The fraction of sp³-hybridized carbons (Fsp3) is 0.588. The Morgan fingerprint density at radius 2 is 2.36 bits per heavy atom. The fourth-order valence-corrected chi connectivity index (χ4v) is 3.38. The molecule has 22 heavy (non-hydrogen) atoms. The van der Waals surface area contributed by atoms with Crippen LogP contribution in [0, 0.1) is 5.92 Å². The number of carbonyl (C=O) groups excluding carboxylic acids is 1. The summed E-state index contributed by atoms with van der Waals surface area (Å²) in [6.45, 7) is 4.95. The third kappa shape index (κ3) is 5.13. The number of nitrogens with one attached hydrogen (secondary N) is 1. The predicted octanol–water partition coefficient (Wildman–Crippen LogP) is 2.78. The predicted molar refractivity (Wildman–Crippen MR) is 93.9 cm³/mol. The first kappa shape index (κ1) is 17.0. The summed E-state index contributed by atoms with van der Waals surface area (Å²) in [5.74, 6) is 3.23. The quantitative estimate of drug-likeness (QED) is 0.747. The molecule has 1 amide bonds. The molecule has 1 unspecified atom stereocenters. The highest BCUT2D eigenvalue weighted by Gasteiger charge is 2.23. The first-order chi connectivity index (χ1) is 10.7. The van der Waals surface area contributed by atoms with Crippen molar-refractivity contribution in [3.05, 3.63) is 24.3 Å². The number of hydrogen-bond donors (Lipinski definition) is 1. The molecule has 0 radical (unpaired) electrons. The van der Waals surface area contributed by atoms with Crippen LogP contribution in [0.3, 0.4) is 0 Å². The van der Waals surface area contributed by atoms with Gasteiger partial charge in [0.15, 0.2) is 0 Å². The number of anilines is 1. The molecule has 0 spiro atoms. The van der Waals surface area contributed by atoms with E-state index in [0.29, 0.717) is 11.7 Å². The lowest BCUT2D eigenvalue weighted by Gasteiger charge is -2.19. The second kappa shape index (κ2) is 8.93. The highest BCUT2D eigenvalue weighted by Crippen LogP contribution is 2.26. The van der Waals surface area contributed by atoms with Crippen LogP contribution in [0.1, 0.15) is 19.8 Å². The van der Waals surface area contributed by atoms with E-state index in [1.165, 1.54) is 5.69 Å². The number of thioether (sulfide) groups is 1. The third-order valence-corrected chi connectivity index (χ3v) is 5.04. The zero-order valence-corrected chi connectivity index (χ0v) is 14.3. The third-order valence-electron chi connectivity index (χ3n) is 3.87. The maximum absolute atomic E-state index is 11.7. The van der Waals surface area contributed by atoms with Crippen molar-refractivity contribution in [3.8, 4) is 5.75 Å². The van der Waals surface area contributed by atoms with Crippen molar-refractivity contribution in [1.29, 1.82) is 0 Å². The molecule has 0 aromatic heterocycles. The SMILES string of the molecule is CCCSCC(=O)NCC1CCN(c2cccc(OC)c2)C1. The van der Waals surface area contributed by atoms with Crippen molar-refractivity contribution >= 4 is 23.4 Å². The van der Waals surface area contributed by atoms with Gasteiger partial charge in [-0.1, -0.05) is 13.0 Å². The summed E-state index contributed by atoms with van der Waals surface area (Å²) >= 11 is 1.71. The number of nitrogens with zero attached hydrogens (tertiary/aromatic N) is 1. The van der Waals surface area contributed by atoms with Gasteiger partial charge in [-0.15, -0.1) is 0 Å². The number of carbonyl (C=O) groups is 1. The topological polar surface area (TPSA) is 41.6 Å². The summed E-state index contributed by atoms with van der Waals surface area (Å²) in [4.78, 5) is 14.1. The lowest BCUT2D eigenvalue weighted by atomic mass is 10.1. The van der Waals surface area contributed by atoms with Gasteiger partial charge in [0.2, 0.25) is 5.91 Å². The summed E-state index contributed by atoms with van der Waals surface area (Å²) in [7, 11) is 1.69. The van der Waals surface area contributed by atoms with Crippen molar-refractivity contribution in [2.24, 2.45) is 5.92 Å². The van der Waals surface area contributed by atoms with Crippen molar-refractivity contribution in [2.75, 3.05) is 43.1 Å². The highest BCUT2D eigenvalue weighted by atomic mass is 32.2. The summed E-state index contributed by atoms with van der Waals surface area (Å²) in [5, 5.41) is 3.07. The molecule has 1 aromatic rings. The van der Waals surface area contributed by atoms with Crippen LogP contribution in [-0.2, 0) is 4.79 Å². The van der Waals surface area contributed by atoms with Crippen molar-refractivity contribution in [2.45, 2.75) is 19.8 Å². The van der Waals surface area contributed by atoms with Crippen LogP contribution in [0.2, 0.25) is 0 Å². The number of methoxy groups -OCH3 is 1. The minimum Gasteiger partial charge on any atom is -0.497 e. The van der Waals surface area contributed by atoms with Crippen LogP contribution in [-0.4, -0.2) is 44.2 Å². The molecule has 0 saturated carbocycles. The van der Waals surface area contributed by atoms with E-state index in [1.54, 1.807) is 18.9 Å². The first-order valence-corrected chi connectivity index (χ1v) is 9.11. The Hall–Kier alpha value is -1.36. The van der Waals surface area contributed by atoms with Crippen molar-refractivity contribution < 1.29 is 9.53 Å². The molecule has 1 atom stereocenters. The average molecular weight is 322 g/mol. The molecule has 1 aliphatic rings. The molecule has 4 nitrogen and oxygen atoms in total. The van der Waals surface area contributed by atoms with E-state index in [4.69, 9.17) is 4.74 Å². The molecule has 0 bridgehead atoms. The Bertz CT molecular complexity index is 481. The van der Waals surface area contributed by atoms with Crippen LogP contribution in [0.25, 0.3) is 0 Å². The van der Waals surface area contributed by atoms with Crippen LogP contribution in [0.15, 0.2) is 24.3 Å². The number of ether oxygens (including phenoxy) is 1. The Morgan fingerprint density at radius 1 is 1.50 bits per heavy atom. The van der Waals surface area contributed by atoms with Gasteiger partial charge in [-0.05, 0) is 36.6 Å². The monoisotopic (exact) mass is 322 g/mol. The van der Waals surface area contributed by atoms with E-state index in [0.717, 1.165) is 44.0 Å². The van der Waals surface area contributed by atoms with Gasteiger partial charge < -0.3 is 15.0 Å². The van der Waals surface area contributed by atoms with Gasteiger partial charge in [0, 0.05) is 31.4 Å². The summed E-state index contributed by atoms with van der Waals surface area (Å²) in [6, 6.07) is 8.17. The van der Waals surface area contributed by atoms with Crippen LogP contribution in [0.4, 0.5) is 5.69 Å². The number of amides is 1. The zero-order chi connectivity index (χ0) is 15.8. The standard InChI is InChI=1S/C17H26N2O2S/c1-3-9-22-13-17(20)18-11-14-7-8-19(12-14)15-5-4-6-16(10-15)21-2/h4-6,10,14H,3,7-9,11-13H2,1-2H3,(H,18,20). The van der Waals surface area contributed by atoms with E-state index >= 15 is 0 Å². The van der Waals surface area contributed by atoms with Gasteiger partial charge in [-0.3, -0.25) is 4.79 Å². The van der Waals surface area contributed by atoms with E-state index in [-0.39, 0.29) is 5.91 Å². The largest absolute Gasteiger partial charge is 0.497 e. The molecule has 5 heteroatoms. The molecule has 2 rings (SSSR count). The molecular weight excluding hydrogens is 296 g/mol. The summed E-state index contributed by atoms with van der Waals surface area (Å²) in [6.07, 6.45) is 2.25. The Balaban J connectivity index is 1.74. The van der Waals surface area contributed by atoms with E-state index in [1.807, 2.05) is 12.1 Å². The smallest absolute Gasteiger partial charge is 0.230 e. The molecule has 1 N–H and O–H groups in total. The van der Waals surface area contributed by atoms with Crippen molar-refractivity contribution in [3.63, 3.8) is 0 Å². The molecule has 122 valence electrons. The fourth-order valence-electron chi connectivity index (χ4n) is 2.66. The number of hydrogen-bond acceptors (Lipinski definition) is 4. The van der Waals surface area contributed by atoms with Gasteiger partial charge in [0.25, 0.3) is 0 Å². The van der Waals surface area contributed by atoms with E-state index in [2.05, 4.69) is 29.3 Å². The van der Waals surface area contributed by atoms with Crippen LogP contribution < -0.4 is 15.0 Å². The van der Waals surface area contributed by atoms with E-state index < -0.39 is 0 Å². The Morgan fingerprint density at radius 3 is 3.14 bits per heavy atom. The molecule has 1 saturated heterocycles. The van der Waals surface area contributed by atoms with Crippen LogP contribution in [0.5, 0.6) is 5.75 Å².